The van der Waals surface area contributed by atoms with Gasteiger partial charge in [-0.3, -0.25) is 4.79 Å². The molecule has 2 N–H and O–H groups in total. The van der Waals surface area contributed by atoms with Gasteiger partial charge in [0.1, 0.15) is 16.4 Å². The maximum atomic E-state index is 12.2. The predicted octanol–water partition coefficient (Wildman–Crippen LogP) is 2.47. The number of carboxylic acid groups (broad SMARTS) is 1. The van der Waals surface area contributed by atoms with Gasteiger partial charge >= 0.3 is 5.97 Å². The number of methoxy groups -OCH3 is 1. The topological polar surface area (TPSA) is 116 Å². The van der Waals surface area contributed by atoms with E-state index in [1.165, 1.54) is 4.68 Å². The number of rotatable bonds is 9. The maximum Gasteiger partial charge on any atom is 0.348 e. The second kappa shape index (κ2) is 9.40. The predicted molar refractivity (Wildman–Crippen MR) is 111 cm³/mol. The van der Waals surface area contributed by atoms with Gasteiger partial charge in [0.15, 0.2) is 6.61 Å². The molecule has 1 unspecified atom stereocenters. The van der Waals surface area contributed by atoms with Crippen LogP contribution in [0, 0.1) is 6.92 Å². The minimum atomic E-state index is -1.01. The minimum absolute atomic E-state index is 0.111. The molecule has 0 bridgehead atoms. The van der Waals surface area contributed by atoms with Gasteiger partial charge in [-0.15, -0.1) is 16.4 Å². The van der Waals surface area contributed by atoms with E-state index in [0.29, 0.717) is 23.6 Å². The zero-order chi connectivity index (χ0) is 21.7. The summed E-state index contributed by atoms with van der Waals surface area (Å²) in [6.07, 6.45) is 2.10. The van der Waals surface area contributed by atoms with Crippen molar-refractivity contribution in [2.45, 2.75) is 26.3 Å². The summed E-state index contributed by atoms with van der Waals surface area (Å²) in [5.74, 6) is 0.0783. The Morgan fingerprint density at radius 1 is 1.33 bits per heavy atom. The van der Waals surface area contributed by atoms with Crippen LogP contribution in [0.15, 0.2) is 35.8 Å². The van der Waals surface area contributed by atoms with E-state index in [1.807, 2.05) is 19.9 Å². The molecule has 30 heavy (non-hydrogen) atoms. The number of carbonyl (C=O) groups is 2. The van der Waals surface area contributed by atoms with E-state index in [4.69, 9.17) is 9.47 Å². The van der Waals surface area contributed by atoms with Crippen molar-refractivity contribution >= 4 is 23.2 Å². The zero-order valence-electron chi connectivity index (χ0n) is 16.8. The summed E-state index contributed by atoms with van der Waals surface area (Å²) >= 11 is 1.12. The fraction of sp³-hybridized carbons (Fsp3) is 0.300. The smallest absolute Gasteiger partial charge is 0.348 e. The summed E-state index contributed by atoms with van der Waals surface area (Å²) in [6.45, 7) is 3.64. The lowest BCUT2D eigenvalue weighted by molar-refractivity contribution is -0.123. The van der Waals surface area contributed by atoms with Gasteiger partial charge < -0.3 is 19.9 Å². The molecule has 3 rings (SSSR count). The first-order valence-corrected chi connectivity index (χ1v) is 10.0. The average molecular weight is 430 g/mol. The SMILES string of the molecule is COc1ccc(OCC(=O)NC(C)Cc2cn(-c3ccsc3C(=O)O)nn2)cc1C. The number of ether oxygens (including phenoxy) is 2. The van der Waals surface area contributed by atoms with Crippen LogP contribution in [0.3, 0.4) is 0 Å². The van der Waals surface area contributed by atoms with E-state index in [1.54, 1.807) is 36.9 Å². The highest BCUT2D eigenvalue weighted by atomic mass is 32.1. The molecule has 1 amide bonds. The van der Waals surface area contributed by atoms with Gasteiger partial charge in [-0.05, 0) is 49.1 Å². The number of carbonyl (C=O) groups excluding carboxylic acids is 1. The van der Waals surface area contributed by atoms with E-state index in [9.17, 15) is 14.7 Å². The Hall–Kier alpha value is -3.40. The molecule has 0 saturated heterocycles. The number of hydrogen-bond donors (Lipinski definition) is 2. The van der Waals surface area contributed by atoms with Crippen LogP contribution >= 0.6 is 11.3 Å². The molecular formula is C20H22N4O5S. The quantitative estimate of drug-likeness (QED) is 0.536. The number of aromatic nitrogens is 3. The first-order chi connectivity index (χ1) is 14.4. The van der Waals surface area contributed by atoms with E-state index < -0.39 is 5.97 Å². The van der Waals surface area contributed by atoms with Crippen LogP contribution in [-0.2, 0) is 11.2 Å². The van der Waals surface area contributed by atoms with E-state index in [2.05, 4.69) is 15.6 Å². The van der Waals surface area contributed by atoms with Crippen molar-refractivity contribution in [3.05, 3.63) is 52.0 Å². The molecule has 1 atom stereocenters. The largest absolute Gasteiger partial charge is 0.496 e. The summed E-state index contributed by atoms with van der Waals surface area (Å²) < 4.78 is 12.2. The Balaban J connectivity index is 1.52. The fourth-order valence-corrected chi connectivity index (χ4v) is 3.64. The number of nitrogens with zero attached hydrogens (tertiary/aromatic N) is 3. The molecule has 0 fully saturated rings. The highest BCUT2D eigenvalue weighted by molar-refractivity contribution is 7.12. The number of hydrogen-bond acceptors (Lipinski definition) is 7. The highest BCUT2D eigenvalue weighted by Gasteiger charge is 2.16. The summed E-state index contributed by atoms with van der Waals surface area (Å²) in [7, 11) is 1.60. The third kappa shape index (κ3) is 5.15. The van der Waals surface area contributed by atoms with Gasteiger partial charge in [0, 0.05) is 12.5 Å². The molecule has 2 aromatic heterocycles. The standard InChI is InChI=1S/C20H22N4O5S/c1-12-8-15(4-5-17(12)28-3)29-11-18(25)21-13(2)9-14-10-24(23-22-14)16-6-7-30-19(16)20(26)27/h4-8,10,13H,9,11H2,1-3H3,(H,21,25)(H,26,27). The first-order valence-electron chi connectivity index (χ1n) is 9.16. The summed E-state index contributed by atoms with van der Waals surface area (Å²) in [5.41, 5.74) is 2.02. The van der Waals surface area contributed by atoms with Crippen LogP contribution in [-0.4, -0.2) is 51.7 Å². The molecule has 0 aliphatic heterocycles. The van der Waals surface area contributed by atoms with Crippen molar-refractivity contribution in [2.75, 3.05) is 13.7 Å². The van der Waals surface area contributed by atoms with Crippen LogP contribution in [0.25, 0.3) is 5.69 Å². The molecule has 10 heteroatoms. The number of aryl methyl sites for hydroxylation is 1. The number of amides is 1. The van der Waals surface area contributed by atoms with Crippen LogP contribution < -0.4 is 14.8 Å². The Kier molecular flexibility index (Phi) is 6.68. The second-order valence-electron chi connectivity index (χ2n) is 6.69. The van der Waals surface area contributed by atoms with Gasteiger partial charge in [-0.25, -0.2) is 9.48 Å². The van der Waals surface area contributed by atoms with Crippen LogP contribution in [0.5, 0.6) is 11.5 Å². The number of nitrogens with one attached hydrogen (secondary N) is 1. The number of carboxylic acids is 1. The van der Waals surface area contributed by atoms with Gasteiger partial charge in [0.05, 0.1) is 24.7 Å². The maximum absolute atomic E-state index is 12.2. The number of aromatic carboxylic acids is 1. The Labute approximate surface area is 177 Å². The van der Waals surface area contributed by atoms with Gasteiger partial charge in [-0.2, -0.15) is 0 Å². The molecule has 0 radical (unpaired) electrons. The first kappa shape index (κ1) is 21.3. The normalized spacial score (nSPS) is 11.7. The van der Waals surface area contributed by atoms with E-state index in [-0.39, 0.29) is 23.4 Å². The van der Waals surface area contributed by atoms with Crippen molar-refractivity contribution in [1.29, 1.82) is 0 Å². The molecule has 0 aliphatic rings. The van der Waals surface area contributed by atoms with Crippen molar-refractivity contribution < 1.29 is 24.2 Å². The molecule has 158 valence electrons. The van der Waals surface area contributed by atoms with Gasteiger partial charge in [-0.1, -0.05) is 5.21 Å². The zero-order valence-corrected chi connectivity index (χ0v) is 17.6. The second-order valence-corrected chi connectivity index (χ2v) is 7.60. The van der Waals surface area contributed by atoms with Gasteiger partial charge in [0.25, 0.3) is 5.91 Å². The minimum Gasteiger partial charge on any atom is -0.496 e. The Bertz CT molecular complexity index is 1050. The van der Waals surface area contributed by atoms with Crippen molar-refractivity contribution in [3.8, 4) is 17.2 Å². The summed E-state index contributed by atoms with van der Waals surface area (Å²) in [4.78, 5) is 23.6. The fourth-order valence-electron chi connectivity index (χ4n) is 2.92. The third-order valence-electron chi connectivity index (χ3n) is 4.29. The molecule has 0 spiro atoms. The molecule has 2 heterocycles. The highest BCUT2D eigenvalue weighted by Crippen LogP contribution is 2.23. The number of thiophene rings is 1. The van der Waals surface area contributed by atoms with E-state index in [0.717, 1.165) is 22.6 Å². The average Bonchev–Trinajstić information content (AvgIpc) is 3.35. The lowest BCUT2D eigenvalue weighted by Crippen LogP contribution is -2.37. The summed E-state index contributed by atoms with van der Waals surface area (Å²) in [5, 5.41) is 21.8. The number of benzene rings is 1. The lowest BCUT2D eigenvalue weighted by Gasteiger charge is -2.13. The monoisotopic (exact) mass is 430 g/mol. The lowest BCUT2D eigenvalue weighted by atomic mass is 10.2. The molecule has 3 aromatic rings. The Morgan fingerprint density at radius 3 is 2.83 bits per heavy atom. The van der Waals surface area contributed by atoms with E-state index >= 15 is 0 Å². The molecule has 0 aliphatic carbocycles. The Morgan fingerprint density at radius 2 is 2.13 bits per heavy atom. The van der Waals surface area contributed by atoms with Crippen molar-refractivity contribution in [3.63, 3.8) is 0 Å². The van der Waals surface area contributed by atoms with Gasteiger partial charge in [0.2, 0.25) is 0 Å². The van der Waals surface area contributed by atoms with Crippen molar-refractivity contribution in [2.24, 2.45) is 0 Å². The van der Waals surface area contributed by atoms with Crippen LogP contribution in [0.1, 0.15) is 27.9 Å². The van der Waals surface area contributed by atoms with Crippen LogP contribution in [0.2, 0.25) is 0 Å². The van der Waals surface area contributed by atoms with Crippen molar-refractivity contribution in [1.82, 2.24) is 20.3 Å². The molecule has 9 nitrogen and oxygen atoms in total. The molecule has 0 saturated carbocycles. The molecular weight excluding hydrogens is 408 g/mol. The third-order valence-corrected chi connectivity index (χ3v) is 5.18. The molecule has 1 aromatic carbocycles. The summed E-state index contributed by atoms with van der Waals surface area (Å²) in [6, 6.07) is 6.82. The van der Waals surface area contributed by atoms with Crippen LogP contribution in [0.4, 0.5) is 0 Å².